The van der Waals surface area contributed by atoms with Gasteiger partial charge in [-0.25, -0.2) is 0 Å². The van der Waals surface area contributed by atoms with Gasteiger partial charge in [0, 0.05) is 24.0 Å². The fourth-order valence-electron chi connectivity index (χ4n) is 2.26. The molecule has 2 N–H and O–H groups in total. The minimum atomic E-state index is 0.214. The van der Waals surface area contributed by atoms with Gasteiger partial charge in [0.25, 0.3) is 0 Å². The van der Waals surface area contributed by atoms with E-state index in [1.165, 1.54) is 11.1 Å². The van der Waals surface area contributed by atoms with Crippen LogP contribution in [0.1, 0.15) is 23.6 Å². The van der Waals surface area contributed by atoms with Crippen molar-refractivity contribution in [2.45, 2.75) is 18.9 Å². The minimum absolute atomic E-state index is 0.214. The first-order chi connectivity index (χ1) is 7.84. The molecular formula is C13H13N3. The summed E-state index contributed by atoms with van der Waals surface area (Å²) in [6, 6.07) is 6.60. The summed E-state index contributed by atoms with van der Waals surface area (Å²) in [6.07, 6.45) is 7.32. The minimum Gasteiger partial charge on any atom is -0.324 e. The normalized spacial score (nSPS) is 18.4. The van der Waals surface area contributed by atoms with Gasteiger partial charge in [-0.05, 0) is 30.0 Å². The van der Waals surface area contributed by atoms with Crippen molar-refractivity contribution in [1.29, 1.82) is 0 Å². The van der Waals surface area contributed by atoms with Crippen LogP contribution in [0.15, 0.2) is 36.8 Å². The van der Waals surface area contributed by atoms with Crippen LogP contribution in [0.5, 0.6) is 0 Å². The first-order valence-electron chi connectivity index (χ1n) is 5.49. The molecule has 0 bridgehead atoms. The van der Waals surface area contributed by atoms with Crippen molar-refractivity contribution in [3.63, 3.8) is 0 Å². The highest BCUT2D eigenvalue weighted by atomic mass is 14.8. The Bertz CT molecular complexity index is 508. The molecule has 1 atom stereocenters. The zero-order valence-corrected chi connectivity index (χ0v) is 8.93. The molecule has 1 aliphatic carbocycles. The summed E-state index contributed by atoms with van der Waals surface area (Å²) < 4.78 is 0. The molecule has 2 aromatic rings. The molecule has 0 saturated heterocycles. The smallest absolute Gasteiger partial charge is 0.0885 e. The van der Waals surface area contributed by atoms with Crippen molar-refractivity contribution in [1.82, 2.24) is 9.97 Å². The van der Waals surface area contributed by atoms with Crippen LogP contribution in [-0.2, 0) is 6.42 Å². The van der Waals surface area contributed by atoms with Crippen molar-refractivity contribution in [3.8, 4) is 11.3 Å². The van der Waals surface area contributed by atoms with Crippen LogP contribution >= 0.6 is 0 Å². The Kier molecular flexibility index (Phi) is 2.18. The molecule has 3 nitrogen and oxygen atoms in total. The first kappa shape index (κ1) is 9.48. The van der Waals surface area contributed by atoms with Crippen LogP contribution in [0.4, 0.5) is 0 Å². The summed E-state index contributed by atoms with van der Waals surface area (Å²) in [7, 11) is 0. The number of nitrogens with two attached hydrogens (primary N) is 1. The van der Waals surface area contributed by atoms with Crippen LogP contribution in [0.2, 0.25) is 0 Å². The second-order valence-corrected chi connectivity index (χ2v) is 4.15. The predicted molar refractivity (Wildman–Crippen MR) is 62.7 cm³/mol. The van der Waals surface area contributed by atoms with Crippen molar-refractivity contribution in [2.75, 3.05) is 0 Å². The lowest BCUT2D eigenvalue weighted by molar-refractivity contribution is 0.713. The first-order valence-corrected chi connectivity index (χ1v) is 5.49. The van der Waals surface area contributed by atoms with E-state index in [-0.39, 0.29) is 6.04 Å². The van der Waals surface area contributed by atoms with Crippen molar-refractivity contribution in [3.05, 3.63) is 47.9 Å². The molecule has 1 aromatic heterocycles. The summed E-state index contributed by atoms with van der Waals surface area (Å²) in [5.41, 5.74) is 10.7. The molecule has 0 saturated carbocycles. The lowest BCUT2D eigenvalue weighted by Gasteiger charge is -2.06. The number of fused-ring (bicyclic) bond motifs is 1. The van der Waals surface area contributed by atoms with E-state index < -0.39 is 0 Å². The van der Waals surface area contributed by atoms with Gasteiger partial charge >= 0.3 is 0 Å². The second-order valence-electron chi connectivity index (χ2n) is 4.15. The zero-order chi connectivity index (χ0) is 11.0. The monoisotopic (exact) mass is 211 g/mol. The molecule has 1 aliphatic rings. The molecule has 0 fully saturated rings. The van der Waals surface area contributed by atoms with E-state index in [2.05, 4.69) is 28.2 Å². The van der Waals surface area contributed by atoms with Crippen molar-refractivity contribution >= 4 is 0 Å². The molecule has 0 amide bonds. The number of hydrogen-bond acceptors (Lipinski definition) is 3. The van der Waals surface area contributed by atoms with Gasteiger partial charge in [-0.1, -0.05) is 12.1 Å². The van der Waals surface area contributed by atoms with E-state index in [9.17, 15) is 0 Å². The summed E-state index contributed by atoms with van der Waals surface area (Å²) in [6.45, 7) is 0. The average Bonchev–Trinajstić information content (AvgIpc) is 2.72. The molecular weight excluding hydrogens is 198 g/mol. The highest BCUT2D eigenvalue weighted by Gasteiger charge is 2.19. The van der Waals surface area contributed by atoms with Gasteiger partial charge in [0.05, 0.1) is 11.9 Å². The Labute approximate surface area is 94.4 Å². The van der Waals surface area contributed by atoms with E-state index in [0.29, 0.717) is 0 Å². The number of hydrogen-bond donors (Lipinski definition) is 1. The maximum atomic E-state index is 6.01. The lowest BCUT2D eigenvalue weighted by atomic mass is 10.0. The Morgan fingerprint density at radius 3 is 3.00 bits per heavy atom. The van der Waals surface area contributed by atoms with Crippen LogP contribution in [0.3, 0.4) is 0 Å². The third-order valence-corrected chi connectivity index (χ3v) is 3.13. The van der Waals surface area contributed by atoms with E-state index >= 15 is 0 Å². The fourth-order valence-corrected chi connectivity index (χ4v) is 2.26. The van der Waals surface area contributed by atoms with E-state index in [1.807, 2.05) is 0 Å². The van der Waals surface area contributed by atoms with E-state index in [4.69, 9.17) is 5.73 Å². The molecule has 3 heteroatoms. The molecule has 3 rings (SSSR count). The highest BCUT2D eigenvalue weighted by Crippen LogP contribution is 2.31. The number of rotatable bonds is 1. The maximum Gasteiger partial charge on any atom is 0.0885 e. The van der Waals surface area contributed by atoms with Crippen LogP contribution in [0.25, 0.3) is 11.3 Å². The van der Waals surface area contributed by atoms with Gasteiger partial charge in [0.2, 0.25) is 0 Å². The second kappa shape index (κ2) is 3.68. The van der Waals surface area contributed by atoms with Gasteiger partial charge < -0.3 is 5.73 Å². The van der Waals surface area contributed by atoms with Gasteiger partial charge in [-0.2, -0.15) is 0 Å². The summed E-state index contributed by atoms with van der Waals surface area (Å²) in [5, 5.41) is 0. The summed E-state index contributed by atoms with van der Waals surface area (Å²) in [4.78, 5) is 8.38. The highest BCUT2D eigenvalue weighted by molar-refractivity contribution is 5.60. The summed E-state index contributed by atoms with van der Waals surface area (Å²) in [5.74, 6) is 0. The van der Waals surface area contributed by atoms with Gasteiger partial charge in [0.1, 0.15) is 0 Å². The van der Waals surface area contributed by atoms with E-state index in [1.54, 1.807) is 18.6 Å². The number of aryl methyl sites for hydroxylation is 1. The Morgan fingerprint density at radius 2 is 2.19 bits per heavy atom. The number of benzene rings is 1. The molecule has 16 heavy (non-hydrogen) atoms. The lowest BCUT2D eigenvalue weighted by Crippen LogP contribution is -2.04. The molecule has 0 spiro atoms. The van der Waals surface area contributed by atoms with Gasteiger partial charge in [0.15, 0.2) is 0 Å². The Balaban J connectivity index is 2.06. The maximum absolute atomic E-state index is 6.01. The van der Waals surface area contributed by atoms with Crippen LogP contribution in [-0.4, -0.2) is 9.97 Å². The Hall–Kier alpha value is -1.74. The van der Waals surface area contributed by atoms with Crippen molar-refractivity contribution < 1.29 is 0 Å². The molecule has 1 heterocycles. The fraction of sp³-hybridized carbons (Fsp3) is 0.231. The van der Waals surface area contributed by atoms with E-state index in [0.717, 1.165) is 24.1 Å². The molecule has 1 unspecified atom stereocenters. The predicted octanol–water partition coefficient (Wildman–Crippen LogP) is 2.09. The van der Waals surface area contributed by atoms with Gasteiger partial charge in [-0.3, -0.25) is 9.97 Å². The molecule has 1 aromatic carbocycles. The SMILES string of the molecule is NC1CCc2cc(-c3cnccn3)ccc21. The van der Waals surface area contributed by atoms with Crippen LogP contribution in [0, 0.1) is 0 Å². The summed E-state index contributed by atoms with van der Waals surface area (Å²) >= 11 is 0. The Morgan fingerprint density at radius 1 is 1.25 bits per heavy atom. The molecule has 0 aliphatic heterocycles. The third-order valence-electron chi connectivity index (χ3n) is 3.13. The molecule has 80 valence electrons. The topological polar surface area (TPSA) is 51.8 Å². The quantitative estimate of drug-likeness (QED) is 0.785. The zero-order valence-electron chi connectivity index (χ0n) is 8.93. The largest absolute Gasteiger partial charge is 0.324 e. The van der Waals surface area contributed by atoms with Crippen LogP contribution < -0.4 is 5.73 Å². The standard InChI is InChI=1S/C13H13N3/c14-12-4-2-9-7-10(1-3-11(9)12)13-8-15-5-6-16-13/h1,3,5-8,12H,2,4,14H2. The van der Waals surface area contributed by atoms with Crippen molar-refractivity contribution in [2.24, 2.45) is 5.73 Å². The number of nitrogens with zero attached hydrogens (tertiary/aromatic N) is 2. The molecule has 0 radical (unpaired) electrons. The van der Waals surface area contributed by atoms with Gasteiger partial charge in [-0.15, -0.1) is 0 Å². The number of aromatic nitrogens is 2. The average molecular weight is 211 g/mol. The third kappa shape index (κ3) is 1.49.